The number of nitrogens with one attached hydrogen (secondary N) is 4. The van der Waals surface area contributed by atoms with Crippen molar-refractivity contribution < 1.29 is 0 Å². The molecule has 3 aromatic carbocycles. The van der Waals surface area contributed by atoms with E-state index in [0.29, 0.717) is 6.04 Å². The third kappa shape index (κ3) is 7.69. The highest BCUT2D eigenvalue weighted by Gasteiger charge is 2.13. The molecule has 0 saturated carbocycles. The molecule has 33 heavy (non-hydrogen) atoms. The van der Waals surface area contributed by atoms with Crippen LogP contribution in [0.1, 0.15) is 22.7 Å². The molecule has 1 heterocycles. The summed E-state index contributed by atoms with van der Waals surface area (Å²) in [5.74, 6) is 0. The summed E-state index contributed by atoms with van der Waals surface area (Å²) in [4.78, 5) is 2.46. The van der Waals surface area contributed by atoms with E-state index >= 15 is 0 Å². The minimum Gasteiger partial charge on any atom is -0.363 e. The van der Waals surface area contributed by atoms with Gasteiger partial charge in [0.1, 0.15) is 0 Å². The van der Waals surface area contributed by atoms with Crippen LogP contribution in [0.3, 0.4) is 0 Å². The average molecular weight is 444 g/mol. The Morgan fingerprint density at radius 1 is 0.576 bits per heavy atom. The van der Waals surface area contributed by atoms with Gasteiger partial charge in [0.2, 0.25) is 0 Å². The quantitative estimate of drug-likeness (QED) is 0.471. The van der Waals surface area contributed by atoms with E-state index in [0.717, 1.165) is 58.9 Å². The topological polar surface area (TPSA) is 51.4 Å². The van der Waals surface area contributed by atoms with Gasteiger partial charge in [0.15, 0.2) is 0 Å². The second-order valence-corrected chi connectivity index (χ2v) is 8.63. The largest absolute Gasteiger partial charge is 0.363 e. The molecule has 0 bridgehead atoms. The third-order valence-corrected chi connectivity index (χ3v) is 6.09. The second-order valence-electron chi connectivity index (χ2n) is 8.63. The van der Waals surface area contributed by atoms with Crippen LogP contribution in [0.15, 0.2) is 84.9 Å². The van der Waals surface area contributed by atoms with Crippen LogP contribution in [-0.4, -0.2) is 45.8 Å². The highest BCUT2D eigenvalue weighted by molar-refractivity contribution is 5.49. The van der Waals surface area contributed by atoms with Crippen LogP contribution in [0.25, 0.3) is 0 Å². The summed E-state index contributed by atoms with van der Waals surface area (Å²) in [6, 6.07) is 30.9. The molecule has 0 aromatic heterocycles. The van der Waals surface area contributed by atoms with Crippen LogP contribution in [-0.2, 0) is 13.1 Å². The van der Waals surface area contributed by atoms with Gasteiger partial charge in [-0.15, -0.1) is 0 Å². The summed E-state index contributed by atoms with van der Waals surface area (Å²) in [6.45, 7) is 8.67. The predicted octanol–water partition coefficient (Wildman–Crippen LogP) is 3.31. The van der Waals surface area contributed by atoms with E-state index < -0.39 is 0 Å². The Morgan fingerprint density at radius 2 is 1.09 bits per heavy atom. The number of benzene rings is 3. The fourth-order valence-electron chi connectivity index (χ4n) is 4.26. The SMILES string of the molecule is c1ccc(CN(Cc2ccccc2)c2ccc(C3CNCCNCCNCCN3)cc2)cc1. The standard InChI is InChI=1S/C28H37N5/c1-3-7-24(8-4-1)22-33(23-25-9-5-2-6-10-25)27-13-11-26(12-14-27)28-21-31-18-17-29-15-16-30-19-20-32-28/h1-14,28-32H,15-23H2. The molecule has 1 aliphatic rings. The van der Waals surface area contributed by atoms with Gasteiger partial charge in [0.05, 0.1) is 0 Å². The second kappa shape index (κ2) is 13.1. The van der Waals surface area contributed by atoms with Crippen molar-refractivity contribution in [3.8, 4) is 0 Å². The molecule has 4 rings (SSSR count). The Morgan fingerprint density at radius 3 is 1.67 bits per heavy atom. The molecule has 0 spiro atoms. The smallest absolute Gasteiger partial charge is 0.0447 e. The van der Waals surface area contributed by atoms with Crippen LogP contribution in [0, 0.1) is 0 Å². The molecule has 0 amide bonds. The molecule has 1 aliphatic heterocycles. The first-order chi connectivity index (χ1) is 16.4. The molecular formula is C28H37N5. The maximum Gasteiger partial charge on any atom is 0.0447 e. The van der Waals surface area contributed by atoms with Gasteiger partial charge in [-0.1, -0.05) is 72.8 Å². The molecule has 0 radical (unpaired) electrons. The summed E-state index contributed by atoms with van der Waals surface area (Å²) in [5.41, 5.74) is 5.22. The molecule has 174 valence electrons. The monoisotopic (exact) mass is 443 g/mol. The van der Waals surface area contributed by atoms with Crippen LogP contribution in [0.5, 0.6) is 0 Å². The fraction of sp³-hybridized carbons (Fsp3) is 0.357. The van der Waals surface area contributed by atoms with Crippen molar-refractivity contribution in [3.05, 3.63) is 102 Å². The summed E-state index contributed by atoms with van der Waals surface area (Å²) in [5, 5.41) is 14.3. The molecule has 1 fully saturated rings. The van der Waals surface area contributed by atoms with Crippen molar-refractivity contribution >= 4 is 5.69 Å². The van der Waals surface area contributed by atoms with Gasteiger partial charge in [-0.2, -0.15) is 0 Å². The summed E-state index contributed by atoms with van der Waals surface area (Å²) < 4.78 is 0. The van der Waals surface area contributed by atoms with Crippen molar-refractivity contribution in [3.63, 3.8) is 0 Å². The first kappa shape index (κ1) is 23.5. The number of nitrogens with zero attached hydrogens (tertiary/aromatic N) is 1. The maximum absolute atomic E-state index is 3.72. The van der Waals surface area contributed by atoms with E-state index in [4.69, 9.17) is 0 Å². The van der Waals surface area contributed by atoms with Gasteiger partial charge in [-0.3, -0.25) is 0 Å². The molecule has 0 aliphatic carbocycles. The lowest BCUT2D eigenvalue weighted by molar-refractivity contribution is 0.464. The number of hydrogen-bond donors (Lipinski definition) is 4. The van der Waals surface area contributed by atoms with Gasteiger partial charge >= 0.3 is 0 Å². The molecule has 5 heteroatoms. The van der Waals surface area contributed by atoms with Gasteiger partial charge in [0.25, 0.3) is 0 Å². The normalized spacial score (nSPS) is 18.1. The number of rotatable bonds is 6. The van der Waals surface area contributed by atoms with Gasteiger partial charge in [-0.25, -0.2) is 0 Å². The van der Waals surface area contributed by atoms with Crippen LogP contribution in [0.2, 0.25) is 0 Å². The minimum absolute atomic E-state index is 0.303. The first-order valence-electron chi connectivity index (χ1n) is 12.2. The molecule has 1 unspecified atom stereocenters. The zero-order valence-corrected chi connectivity index (χ0v) is 19.5. The van der Waals surface area contributed by atoms with Crippen molar-refractivity contribution in [2.45, 2.75) is 19.1 Å². The number of hydrogen-bond acceptors (Lipinski definition) is 5. The predicted molar refractivity (Wildman–Crippen MR) is 139 cm³/mol. The summed E-state index contributed by atoms with van der Waals surface area (Å²) >= 11 is 0. The average Bonchev–Trinajstić information content (AvgIpc) is 2.86. The van der Waals surface area contributed by atoms with E-state index in [1.165, 1.54) is 22.4 Å². The van der Waals surface area contributed by atoms with Crippen molar-refractivity contribution in [1.29, 1.82) is 0 Å². The van der Waals surface area contributed by atoms with Gasteiger partial charge in [0, 0.05) is 70.6 Å². The molecule has 1 saturated heterocycles. The van der Waals surface area contributed by atoms with Crippen LogP contribution < -0.4 is 26.2 Å². The van der Waals surface area contributed by atoms with Crippen LogP contribution >= 0.6 is 0 Å². The molecular weight excluding hydrogens is 406 g/mol. The Hall–Kier alpha value is -2.70. The fourth-order valence-corrected chi connectivity index (χ4v) is 4.26. The number of anilines is 1. The van der Waals surface area contributed by atoms with Crippen molar-refractivity contribution in [1.82, 2.24) is 21.3 Å². The summed E-state index contributed by atoms with van der Waals surface area (Å²) in [6.07, 6.45) is 0. The lowest BCUT2D eigenvalue weighted by Gasteiger charge is -2.27. The van der Waals surface area contributed by atoms with E-state index in [-0.39, 0.29) is 0 Å². The lowest BCUT2D eigenvalue weighted by Crippen LogP contribution is -2.41. The molecule has 3 aromatic rings. The van der Waals surface area contributed by atoms with E-state index in [1.807, 2.05) is 0 Å². The van der Waals surface area contributed by atoms with Crippen LogP contribution in [0.4, 0.5) is 5.69 Å². The molecule has 1 atom stereocenters. The molecule has 5 nitrogen and oxygen atoms in total. The first-order valence-corrected chi connectivity index (χ1v) is 12.2. The Labute approximate surface area is 198 Å². The van der Waals surface area contributed by atoms with E-state index in [2.05, 4.69) is 111 Å². The maximum atomic E-state index is 3.72. The van der Waals surface area contributed by atoms with Crippen molar-refractivity contribution in [2.24, 2.45) is 0 Å². The van der Waals surface area contributed by atoms with E-state index in [1.54, 1.807) is 0 Å². The Kier molecular flexibility index (Phi) is 9.32. The summed E-state index contributed by atoms with van der Waals surface area (Å²) in [7, 11) is 0. The lowest BCUT2D eigenvalue weighted by atomic mass is 10.0. The van der Waals surface area contributed by atoms with Gasteiger partial charge < -0.3 is 26.2 Å². The highest BCUT2D eigenvalue weighted by Crippen LogP contribution is 2.23. The Balaban J connectivity index is 1.48. The van der Waals surface area contributed by atoms with Gasteiger partial charge in [-0.05, 0) is 28.8 Å². The third-order valence-electron chi connectivity index (χ3n) is 6.09. The minimum atomic E-state index is 0.303. The zero-order chi connectivity index (χ0) is 22.6. The highest BCUT2D eigenvalue weighted by atomic mass is 15.1. The zero-order valence-electron chi connectivity index (χ0n) is 19.5. The Bertz CT molecular complexity index is 861. The van der Waals surface area contributed by atoms with E-state index in [9.17, 15) is 0 Å². The van der Waals surface area contributed by atoms with Crippen molar-refractivity contribution in [2.75, 3.05) is 50.7 Å². The molecule has 4 N–H and O–H groups in total.